The van der Waals surface area contributed by atoms with Gasteiger partial charge in [-0.05, 0) is 51.3 Å². The van der Waals surface area contributed by atoms with Crippen LogP contribution in [0, 0.1) is 6.92 Å². The summed E-state index contributed by atoms with van der Waals surface area (Å²) in [5, 5.41) is 4.74. The fraction of sp³-hybridized carbons (Fsp3) is 0.542. The molecule has 1 saturated carbocycles. The second kappa shape index (κ2) is 9.32. The van der Waals surface area contributed by atoms with Crippen molar-refractivity contribution < 1.29 is 9.53 Å². The number of nitrogens with one attached hydrogen (secondary N) is 1. The summed E-state index contributed by atoms with van der Waals surface area (Å²) in [5.41, 5.74) is 8.18. The topological polar surface area (TPSA) is 92.8 Å². The van der Waals surface area contributed by atoms with Crippen LogP contribution in [0.4, 0.5) is 5.82 Å². The summed E-state index contributed by atoms with van der Waals surface area (Å²) in [4.78, 5) is 24.0. The zero-order valence-corrected chi connectivity index (χ0v) is 18.7. The van der Waals surface area contributed by atoms with Crippen LogP contribution in [-0.4, -0.2) is 55.1 Å². The van der Waals surface area contributed by atoms with E-state index >= 15 is 0 Å². The minimum Gasteiger partial charge on any atom is -0.387 e. The summed E-state index contributed by atoms with van der Waals surface area (Å²) in [6.45, 7) is 5.14. The number of hydrogen-bond donors (Lipinski definition) is 2. The smallest absolute Gasteiger partial charge is 0.282 e. The number of ether oxygens (including phenoxy) is 1. The van der Waals surface area contributed by atoms with Crippen LogP contribution in [0.1, 0.15) is 54.9 Å². The number of fused-ring (bicyclic) bond motifs is 1. The maximum atomic E-state index is 12.9. The molecule has 2 heterocycles. The quantitative estimate of drug-likeness (QED) is 0.567. The van der Waals surface area contributed by atoms with Crippen LogP contribution in [0.5, 0.6) is 0 Å². The van der Waals surface area contributed by atoms with Crippen molar-refractivity contribution in [1.82, 2.24) is 10.3 Å². The molecular formula is C24H33N5O2. The number of aryl methyl sites for hydroxylation is 1. The average molecular weight is 424 g/mol. The fourth-order valence-corrected chi connectivity index (χ4v) is 4.84. The standard InChI is InChI=1S/C24H33N5O2/c1-15-8-9-20-17(12-15)13-19(24(30)26-16(2)25)23(28-20)29-11-10-21(22(14-29)31-3)27-18-6-4-5-7-18/h8-9,12-13,18,21-22,27H,4-7,10-11,14H2,1-3H3,(H2,25,26,30)/t21-,22+/m0/s1. The summed E-state index contributed by atoms with van der Waals surface area (Å²) in [7, 11) is 1.77. The van der Waals surface area contributed by atoms with Crippen molar-refractivity contribution in [3.8, 4) is 0 Å². The zero-order chi connectivity index (χ0) is 22.0. The van der Waals surface area contributed by atoms with E-state index in [0.717, 1.165) is 29.4 Å². The molecule has 3 N–H and O–H groups in total. The number of pyridine rings is 1. The van der Waals surface area contributed by atoms with Gasteiger partial charge in [-0.2, -0.15) is 4.99 Å². The van der Waals surface area contributed by atoms with E-state index in [9.17, 15) is 4.79 Å². The largest absolute Gasteiger partial charge is 0.387 e. The van der Waals surface area contributed by atoms with Crippen LogP contribution in [-0.2, 0) is 4.74 Å². The summed E-state index contributed by atoms with van der Waals surface area (Å²) < 4.78 is 5.87. The van der Waals surface area contributed by atoms with Crippen LogP contribution in [0.3, 0.4) is 0 Å². The number of anilines is 1. The second-order valence-electron chi connectivity index (χ2n) is 8.88. The number of carbonyl (C=O) groups excluding carboxylic acids is 1. The second-order valence-corrected chi connectivity index (χ2v) is 8.88. The third kappa shape index (κ3) is 4.88. The van der Waals surface area contributed by atoms with Crippen LogP contribution in [0.2, 0.25) is 0 Å². The number of aliphatic imine (C=N–C) groups is 1. The SMILES string of the molecule is CO[C@@H]1CN(c2nc3ccc(C)cc3cc2C(=O)N=C(C)N)CC[C@@H]1NC1CCCC1. The Kier molecular flexibility index (Phi) is 6.53. The van der Waals surface area contributed by atoms with Gasteiger partial charge in [0.1, 0.15) is 11.7 Å². The van der Waals surface area contributed by atoms with Crippen molar-refractivity contribution in [2.24, 2.45) is 10.7 Å². The molecule has 2 aromatic rings. The molecule has 0 unspecified atom stereocenters. The Morgan fingerprint density at radius 3 is 2.74 bits per heavy atom. The van der Waals surface area contributed by atoms with Crippen LogP contribution in [0.15, 0.2) is 29.3 Å². The normalized spacial score (nSPS) is 22.9. The summed E-state index contributed by atoms with van der Waals surface area (Å²) >= 11 is 0. The van der Waals surface area contributed by atoms with E-state index in [1.807, 2.05) is 31.2 Å². The third-order valence-corrected chi connectivity index (χ3v) is 6.42. The third-order valence-electron chi connectivity index (χ3n) is 6.42. The van der Waals surface area contributed by atoms with Gasteiger partial charge in [-0.1, -0.05) is 24.5 Å². The maximum absolute atomic E-state index is 12.9. The van der Waals surface area contributed by atoms with Crippen molar-refractivity contribution >= 4 is 28.5 Å². The van der Waals surface area contributed by atoms with Crippen molar-refractivity contribution in [3.05, 3.63) is 35.4 Å². The highest BCUT2D eigenvalue weighted by Crippen LogP contribution is 2.29. The molecule has 1 aliphatic heterocycles. The first kappa shape index (κ1) is 21.7. The van der Waals surface area contributed by atoms with Crippen molar-refractivity contribution in [2.75, 3.05) is 25.1 Å². The molecule has 1 aromatic heterocycles. The van der Waals surface area contributed by atoms with Gasteiger partial charge in [-0.15, -0.1) is 0 Å². The minimum absolute atomic E-state index is 0.0348. The molecule has 2 fully saturated rings. The Labute approximate surface area is 184 Å². The van der Waals surface area contributed by atoms with Crippen molar-refractivity contribution in [3.63, 3.8) is 0 Å². The van der Waals surface area contributed by atoms with Crippen molar-refractivity contribution in [1.29, 1.82) is 0 Å². The van der Waals surface area contributed by atoms with Gasteiger partial charge in [0.25, 0.3) is 5.91 Å². The molecule has 2 aliphatic rings. The number of amidine groups is 1. The molecule has 0 spiro atoms. The molecule has 7 heteroatoms. The highest BCUT2D eigenvalue weighted by molar-refractivity contribution is 6.07. The van der Waals surface area contributed by atoms with E-state index in [1.165, 1.54) is 25.7 Å². The van der Waals surface area contributed by atoms with E-state index in [-0.39, 0.29) is 17.8 Å². The number of nitrogens with zero attached hydrogens (tertiary/aromatic N) is 3. The maximum Gasteiger partial charge on any atom is 0.282 e. The molecule has 1 saturated heterocycles. The summed E-state index contributed by atoms with van der Waals surface area (Å²) in [5.74, 6) is 0.549. The molecule has 166 valence electrons. The number of methoxy groups -OCH3 is 1. The molecule has 0 bridgehead atoms. The lowest BCUT2D eigenvalue weighted by atomic mass is 9.99. The molecule has 1 amide bonds. The number of benzene rings is 1. The lowest BCUT2D eigenvalue weighted by molar-refractivity contribution is 0.0557. The highest BCUT2D eigenvalue weighted by Gasteiger charge is 2.33. The number of hydrogen-bond acceptors (Lipinski definition) is 5. The van der Waals surface area contributed by atoms with E-state index in [1.54, 1.807) is 14.0 Å². The van der Waals surface area contributed by atoms with Gasteiger partial charge in [-0.3, -0.25) is 4.79 Å². The predicted molar refractivity (Wildman–Crippen MR) is 125 cm³/mol. The summed E-state index contributed by atoms with van der Waals surface area (Å²) in [6.07, 6.45) is 6.08. The van der Waals surface area contributed by atoms with Crippen molar-refractivity contribution in [2.45, 2.75) is 64.1 Å². The lowest BCUT2D eigenvalue weighted by Crippen LogP contribution is -2.55. The van der Waals surface area contributed by atoms with E-state index < -0.39 is 0 Å². The first-order valence-corrected chi connectivity index (χ1v) is 11.2. The number of piperidine rings is 1. The highest BCUT2D eigenvalue weighted by atomic mass is 16.5. The predicted octanol–water partition coefficient (Wildman–Crippen LogP) is 3.19. The first-order chi connectivity index (χ1) is 14.9. The molecule has 0 radical (unpaired) electrons. The molecule has 7 nitrogen and oxygen atoms in total. The number of aromatic nitrogens is 1. The van der Waals surface area contributed by atoms with Gasteiger partial charge in [0.05, 0.1) is 17.2 Å². The Balaban J connectivity index is 1.65. The minimum atomic E-state index is -0.355. The number of nitrogens with two attached hydrogens (primary N) is 1. The molecule has 2 atom stereocenters. The Bertz CT molecular complexity index is 979. The number of carbonyl (C=O) groups is 1. The Morgan fingerprint density at radius 1 is 1.26 bits per heavy atom. The molecule has 1 aromatic carbocycles. The van der Waals surface area contributed by atoms with E-state index in [2.05, 4.69) is 15.2 Å². The Morgan fingerprint density at radius 2 is 2.03 bits per heavy atom. The summed E-state index contributed by atoms with van der Waals surface area (Å²) in [6, 6.07) is 8.88. The molecule has 31 heavy (non-hydrogen) atoms. The van der Waals surface area contributed by atoms with E-state index in [0.29, 0.717) is 30.0 Å². The number of amides is 1. The molecule has 4 rings (SSSR count). The Hall–Kier alpha value is -2.51. The lowest BCUT2D eigenvalue weighted by Gasteiger charge is -2.40. The first-order valence-electron chi connectivity index (χ1n) is 11.2. The van der Waals surface area contributed by atoms with Gasteiger partial charge in [-0.25, -0.2) is 4.98 Å². The molecular weight excluding hydrogens is 390 g/mol. The van der Waals surface area contributed by atoms with Gasteiger partial charge < -0.3 is 20.7 Å². The monoisotopic (exact) mass is 423 g/mol. The van der Waals surface area contributed by atoms with Crippen LogP contribution >= 0.6 is 0 Å². The van der Waals surface area contributed by atoms with Gasteiger partial charge in [0.2, 0.25) is 0 Å². The van der Waals surface area contributed by atoms with Gasteiger partial charge >= 0.3 is 0 Å². The number of rotatable bonds is 5. The van der Waals surface area contributed by atoms with Crippen LogP contribution in [0.25, 0.3) is 10.9 Å². The zero-order valence-electron chi connectivity index (χ0n) is 18.7. The van der Waals surface area contributed by atoms with Crippen LogP contribution < -0.4 is 16.0 Å². The molecule has 1 aliphatic carbocycles. The average Bonchev–Trinajstić information content (AvgIpc) is 3.25. The fourth-order valence-electron chi connectivity index (χ4n) is 4.84. The van der Waals surface area contributed by atoms with Gasteiger partial charge in [0.15, 0.2) is 0 Å². The van der Waals surface area contributed by atoms with Gasteiger partial charge in [0, 0.05) is 37.7 Å². The van der Waals surface area contributed by atoms with E-state index in [4.69, 9.17) is 15.5 Å².